The Morgan fingerprint density at radius 3 is 1.54 bits per heavy atom. The Hall–Kier alpha value is -1.05. The summed E-state index contributed by atoms with van der Waals surface area (Å²) in [7, 11) is 0. The predicted octanol–water partition coefficient (Wildman–Crippen LogP) is 7.14. The molecule has 0 N–H and O–H groups in total. The molecule has 0 saturated heterocycles. The van der Waals surface area contributed by atoms with Gasteiger partial charge < -0.3 is 4.74 Å². The van der Waals surface area contributed by atoms with E-state index < -0.39 is 0 Å². The largest absolute Gasteiger partial charge is 0.466 e. The van der Waals surface area contributed by atoms with Crippen molar-refractivity contribution in [1.82, 2.24) is 0 Å². The van der Waals surface area contributed by atoms with Crippen LogP contribution in [-0.2, 0) is 9.53 Å². The maximum atomic E-state index is 11.6. The van der Waals surface area contributed by atoms with Crippen LogP contribution in [0.2, 0.25) is 0 Å². The second kappa shape index (κ2) is 20.0. The molecule has 0 aliphatic rings. The third-order valence-corrected chi connectivity index (χ3v) is 4.35. The van der Waals surface area contributed by atoms with Gasteiger partial charge >= 0.3 is 5.97 Å². The molecule has 2 nitrogen and oxygen atoms in total. The molecule has 0 rings (SSSR count). The van der Waals surface area contributed by atoms with E-state index >= 15 is 0 Å². The van der Waals surface area contributed by atoms with Gasteiger partial charge in [-0.15, -0.1) is 13.2 Å². The van der Waals surface area contributed by atoms with E-state index in [-0.39, 0.29) is 5.97 Å². The lowest BCUT2D eigenvalue weighted by Crippen LogP contribution is -2.05. The molecular weight excluding hydrogens is 296 g/mol. The van der Waals surface area contributed by atoms with E-state index in [2.05, 4.69) is 13.2 Å². The number of rotatable bonds is 19. The zero-order chi connectivity index (χ0) is 17.7. The Kier molecular flexibility index (Phi) is 19.1. The lowest BCUT2D eigenvalue weighted by molar-refractivity contribution is -0.143. The molecule has 0 aromatic heterocycles. The summed E-state index contributed by atoms with van der Waals surface area (Å²) in [4.78, 5) is 11.6. The monoisotopic (exact) mass is 336 g/mol. The van der Waals surface area contributed by atoms with Gasteiger partial charge in [0, 0.05) is 6.42 Å². The lowest BCUT2D eigenvalue weighted by Gasteiger charge is -2.05. The number of ether oxygens (including phenoxy) is 1. The first-order chi connectivity index (χ1) is 11.8. The van der Waals surface area contributed by atoms with Crippen LogP contribution in [0.3, 0.4) is 0 Å². The fourth-order valence-electron chi connectivity index (χ4n) is 2.80. The fourth-order valence-corrected chi connectivity index (χ4v) is 2.80. The van der Waals surface area contributed by atoms with Crippen molar-refractivity contribution < 1.29 is 9.53 Å². The van der Waals surface area contributed by atoms with Gasteiger partial charge in [-0.3, -0.25) is 4.79 Å². The van der Waals surface area contributed by atoms with E-state index in [1.807, 2.05) is 12.2 Å². The number of unbranched alkanes of at least 4 members (excludes halogenated alkanes) is 13. The van der Waals surface area contributed by atoms with Crippen molar-refractivity contribution in [2.45, 2.75) is 103 Å². The van der Waals surface area contributed by atoms with Crippen LogP contribution in [0.1, 0.15) is 103 Å². The molecule has 0 unspecified atom stereocenters. The first-order valence-corrected chi connectivity index (χ1v) is 10.2. The van der Waals surface area contributed by atoms with E-state index in [1.54, 1.807) is 0 Å². The summed E-state index contributed by atoms with van der Waals surface area (Å²) in [6.45, 7) is 8.08. The molecule has 0 amide bonds. The minimum Gasteiger partial charge on any atom is -0.466 e. The Morgan fingerprint density at radius 2 is 1.04 bits per heavy atom. The van der Waals surface area contributed by atoms with Crippen LogP contribution in [0.4, 0.5) is 0 Å². The molecule has 0 aliphatic heterocycles. The summed E-state index contributed by atoms with van der Waals surface area (Å²) < 4.78 is 5.30. The molecule has 24 heavy (non-hydrogen) atoms. The summed E-state index contributed by atoms with van der Waals surface area (Å²) in [6.07, 6.45) is 22.7. The molecule has 140 valence electrons. The standard InChI is InChI=1S/C22H40O2/c1-3-5-7-9-11-13-15-17-19-21-24-22(23)20-18-16-14-12-10-8-6-4-2/h3-4H,1-2,5-21H2. The Morgan fingerprint density at radius 1 is 0.625 bits per heavy atom. The van der Waals surface area contributed by atoms with Crippen LogP contribution >= 0.6 is 0 Å². The van der Waals surface area contributed by atoms with Gasteiger partial charge in [-0.05, 0) is 38.5 Å². The molecule has 0 heterocycles. The second-order valence-electron chi connectivity index (χ2n) is 6.72. The molecule has 0 atom stereocenters. The first kappa shape index (κ1) is 22.9. The third-order valence-electron chi connectivity index (χ3n) is 4.35. The van der Waals surface area contributed by atoms with Crippen LogP contribution in [0.25, 0.3) is 0 Å². The topological polar surface area (TPSA) is 26.3 Å². The predicted molar refractivity (Wildman–Crippen MR) is 105 cm³/mol. The van der Waals surface area contributed by atoms with Crippen LogP contribution in [-0.4, -0.2) is 12.6 Å². The average molecular weight is 337 g/mol. The molecule has 0 aromatic carbocycles. The van der Waals surface area contributed by atoms with Crippen LogP contribution in [0.15, 0.2) is 25.3 Å². The van der Waals surface area contributed by atoms with Gasteiger partial charge in [0.15, 0.2) is 0 Å². The van der Waals surface area contributed by atoms with E-state index in [1.165, 1.54) is 64.2 Å². The van der Waals surface area contributed by atoms with E-state index in [0.29, 0.717) is 13.0 Å². The van der Waals surface area contributed by atoms with Gasteiger partial charge in [-0.1, -0.05) is 69.9 Å². The first-order valence-electron chi connectivity index (χ1n) is 10.2. The molecule has 0 aliphatic carbocycles. The summed E-state index contributed by atoms with van der Waals surface area (Å²) in [6, 6.07) is 0. The highest BCUT2D eigenvalue weighted by molar-refractivity contribution is 5.69. The van der Waals surface area contributed by atoms with E-state index in [0.717, 1.165) is 32.1 Å². The van der Waals surface area contributed by atoms with Crippen LogP contribution in [0.5, 0.6) is 0 Å². The number of hydrogen-bond acceptors (Lipinski definition) is 2. The number of carbonyl (C=O) groups excluding carboxylic acids is 1. The van der Waals surface area contributed by atoms with Gasteiger partial charge in [0.1, 0.15) is 0 Å². The minimum atomic E-state index is -0.00826. The molecule has 2 heteroatoms. The van der Waals surface area contributed by atoms with Crippen molar-refractivity contribution in [2.75, 3.05) is 6.61 Å². The van der Waals surface area contributed by atoms with Gasteiger partial charge in [-0.2, -0.15) is 0 Å². The third kappa shape index (κ3) is 19.0. The van der Waals surface area contributed by atoms with Crippen molar-refractivity contribution in [3.63, 3.8) is 0 Å². The quantitative estimate of drug-likeness (QED) is 0.142. The van der Waals surface area contributed by atoms with Crippen molar-refractivity contribution in [3.8, 4) is 0 Å². The Labute approximate surface area is 150 Å². The van der Waals surface area contributed by atoms with Gasteiger partial charge in [0.25, 0.3) is 0 Å². The van der Waals surface area contributed by atoms with E-state index in [9.17, 15) is 4.79 Å². The highest BCUT2D eigenvalue weighted by Crippen LogP contribution is 2.10. The van der Waals surface area contributed by atoms with Crippen molar-refractivity contribution in [3.05, 3.63) is 25.3 Å². The fraction of sp³-hybridized carbons (Fsp3) is 0.773. The van der Waals surface area contributed by atoms with Crippen LogP contribution < -0.4 is 0 Å². The molecule has 0 bridgehead atoms. The van der Waals surface area contributed by atoms with Crippen molar-refractivity contribution in [2.24, 2.45) is 0 Å². The Balaban J connectivity index is 3.15. The number of allylic oxidation sites excluding steroid dienone is 2. The van der Waals surface area contributed by atoms with Gasteiger partial charge in [0.2, 0.25) is 0 Å². The molecule has 0 fully saturated rings. The molecular formula is C22H40O2. The zero-order valence-corrected chi connectivity index (χ0v) is 15.9. The Bertz CT molecular complexity index is 296. The number of carbonyl (C=O) groups is 1. The normalized spacial score (nSPS) is 10.5. The smallest absolute Gasteiger partial charge is 0.305 e. The highest BCUT2D eigenvalue weighted by atomic mass is 16.5. The van der Waals surface area contributed by atoms with Crippen molar-refractivity contribution in [1.29, 1.82) is 0 Å². The maximum Gasteiger partial charge on any atom is 0.305 e. The number of hydrogen-bond donors (Lipinski definition) is 0. The van der Waals surface area contributed by atoms with Gasteiger partial charge in [-0.25, -0.2) is 0 Å². The number of esters is 1. The summed E-state index contributed by atoms with van der Waals surface area (Å²) in [5.41, 5.74) is 0. The minimum absolute atomic E-state index is 0.00826. The highest BCUT2D eigenvalue weighted by Gasteiger charge is 2.02. The summed E-state index contributed by atoms with van der Waals surface area (Å²) >= 11 is 0. The van der Waals surface area contributed by atoms with Crippen LogP contribution in [0, 0.1) is 0 Å². The molecule has 0 aromatic rings. The zero-order valence-electron chi connectivity index (χ0n) is 15.9. The molecule has 0 spiro atoms. The van der Waals surface area contributed by atoms with Gasteiger partial charge in [0.05, 0.1) is 6.61 Å². The summed E-state index contributed by atoms with van der Waals surface area (Å²) in [5.74, 6) is -0.00826. The van der Waals surface area contributed by atoms with E-state index in [4.69, 9.17) is 4.74 Å². The molecule has 0 saturated carbocycles. The average Bonchev–Trinajstić information content (AvgIpc) is 2.59. The SMILES string of the molecule is C=CCCCCCCCCCOC(=O)CCCCCCCCC=C. The lowest BCUT2D eigenvalue weighted by atomic mass is 10.1. The maximum absolute atomic E-state index is 11.6. The summed E-state index contributed by atoms with van der Waals surface area (Å²) in [5, 5.41) is 0. The second-order valence-corrected chi connectivity index (χ2v) is 6.72. The molecule has 0 radical (unpaired) electrons. The van der Waals surface area contributed by atoms with Crippen molar-refractivity contribution >= 4 is 5.97 Å².